The summed E-state index contributed by atoms with van der Waals surface area (Å²) in [5.41, 5.74) is 5.35. The van der Waals surface area contributed by atoms with Gasteiger partial charge in [-0.05, 0) is 70.6 Å². The molecular formula is C23H35N3O6. The lowest BCUT2D eigenvalue weighted by atomic mass is 10.1. The number of rotatable bonds is 8. The minimum atomic E-state index is -0.643. The number of carbonyl (C=O) groups excluding carboxylic acids is 3. The van der Waals surface area contributed by atoms with Crippen LogP contribution in [0.3, 0.4) is 0 Å². The third-order valence-corrected chi connectivity index (χ3v) is 5.08. The maximum Gasteiger partial charge on any atom is 0.410 e. The van der Waals surface area contributed by atoms with Gasteiger partial charge in [0.1, 0.15) is 11.6 Å². The predicted molar refractivity (Wildman–Crippen MR) is 119 cm³/mol. The van der Waals surface area contributed by atoms with Crippen LogP contribution in [-0.4, -0.2) is 55.2 Å². The molecule has 178 valence electrons. The average Bonchev–Trinajstić information content (AvgIpc) is 3.24. The Morgan fingerprint density at radius 2 is 1.78 bits per heavy atom. The molecule has 9 nitrogen and oxygen atoms in total. The molecule has 0 radical (unpaired) electrons. The van der Waals surface area contributed by atoms with Crippen LogP contribution in [-0.2, 0) is 20.7 Å². The van der Waals surface area contributed by atoms with E-state index >= 15 is 0 Å². The van der Waals surface area contributed by atoms with Crippen LogP contribution in [0.4, 0.5) is 4.79 Å². The Bertz CT molecular complexity index is 805. The van der Waals surface area contributed by atoms with E-state index in [1.54, 1.807) is 35.0 Å². The van der Waals surface area contributed by atoms with Crippen molar-refractivity contribution in [1.29, 1.82) is 0 Å². The summed E-state index contributed by atoms with van der Waals surface area (Å²) in [6.45, 7) is 5.79. The molecule has 1 saturated heterocycles. The first kappa shape index (κ1) is 25.3. The fraction of sp³-hybridized carbons (Fsp3) is 0.609. The van der Waals surface area contributed by atoms with E-state index in [4.69, 9.17) is 14.2 Å². The van der Waals surface area contributed by atoms with Crippen molar-refractivity contribution in [3.8, 4) is 11.5 Å². The third-order valence-electron chi connectivity index (χ3n) is 5.08. The molecule has 1 aliphatic rings. The number of nitrogens with zero attached hydrogens (tertiary/aromatic N) is 1. The van der Waals surface area contributed by atoms with Gasteiger partial charge in [-0.3, -0.25) is 25.3 Å². The minimum absolute atomic E-state index is 0.271. The van der Waals surface area contributed by atoms with Crippen LogP contribution in [0.2, 0.25) is 0 Å². The molecule has 1 atom stereocenters. The summed E-state index contributed by atoms with van der Waals surface area (Å²) < 4.78 is 15.9. The number of ether oxygens (including phenoxy) is 3. The first-order valence-electron chi connectivity index (χ1n) is 10.9. The Morgan fingerprint density at radius 1 is 1.06 bits per heavy atom. The van der Waals surface area contributed by atoms with Crippen molar-refractivity contribution in [2.45, 2.75) is 70.9 Å². The molecule has 1 aromatic rings. The lowest BCUT2D eigenvalue weighted by Crippen LogP contribution is -2.52. The second-order valence-electron chi connectivity index (χ2n) is 8.77. The second kappa shape index (κ2) is 11.6. The van der Waals surface area contributed by atoms with Crippen LogP contribution < -0.4 is 20.3 Å². The number of likely N-dealkylation sites (tertiary alicyclic amines) is 1. The molecule has 1 aliphatic heterocycles. The van der Waals surface area contributed by atoms with Gasteiger partial charge < -0.3 is 14.2 Å². The first-order valence-corrected chi connectivity index (χ1v) is 10.9. The predicted octanol–water partition coefficient (Wildman–Crippen LogP) is 2.96. The Balaban J connectivity index is 1.71. The maximum atomic E-state index is 12.5. The SMILES string of the molecule is COc1ccc(CCCCC(=O)NNC(=O)C2CCCN2C(=O)OC(C)(C)C)cc1OC. The standard InChI is InChI=1S/C23H35N3O6/c1-23(2,3)32-22(29)26-14-8-10-17(26)21(28)25-24-20(27)11-7-6-9-16-12-13-18(30-4)19(15-16)31-5/h12-13,15,17H,6-11,14H2,1-5H3,(H,24,27)(H,25,28). The summed E-state index contributed by atoms with van der Waals surface area (Å²) in [6.07, 6.45) is 3.29. The largest absolute Gasteiger partial charge is 0.493 e. The van der Waals surface area contributed by atoms with Gasteiger partial charge in [0.2, 0.25) is 5.91 Å². The summed E-state index contributed by atoms with van der Waals surface area (Å²) in [7, 11) is 3.19. The van der Waals surface area contributed by atoms with E-state index in [1.807, 2.05) is 18.2 Å². The van der Waals surface area contributed by atoms with Crippen LogP contribution >= 0.6 is 0 Å². The fourth-order valence-corrected chi connectivity index (χ4v) is 3.51. The van der Waals surface area contributed by atoms with Crippen molar-refractivity contribution in [1.82, 2.24) is 15.8 Å². The smallest absolute Gasteiger partial charge is 0.410 e. The number of aryl methyl sites for hydroxylation is 1. The van der Waals surface area contributed by atoms with Crippen molar-refractivity contribution < 1.29 is 28.6 Å². The van der Waals surface area contributed by atoms with Crippen molar-refractivity contribution in [2.24, 2.45) is 0 Å². The number of nitrogens with one attached hydrogen (secondary N) is 2. The van der Waals surface area contributed by atoms with E-state index < -0.39 is 23.6 Å². The molecule has 0 bridgehead atoms. The summed E-state index contributed by atoms with van der Waals surface area (Å²) in [4.78, 5) is 38.3. The Labute approximate surface area is 189 Å². The molecule has 9 heteroatoms. The Hall–Kier alpha value is -2.97. The average molecular weight is 450 g/mol. The van der Waals surface area contributed by atoms with Gasteiger partial charge in [-0.25, -0.2) is 4.79 Å². The first-order chi connectivity index (χ1) is 15.1. The number of benzene rings is 1. The van der Waals surface area contributed by atoms with Crippen LogP contribution in [0, 0.1) is 0 Å². The molecule has 3 amide bonds. The minimum Gasteiger partial charge on any atom is -0.493 e. The van der Waals surface area contributed by atoms with Crippen LogP contribution in [0.5, 0.6) is 11.5 Å². The lowest BCUT2D eigenvalue weighted by Gasteiger charge is -2.28. The van der Waals surface area contributed by atoms with E-state index in [0.717, 1.165) is 18.4 Å². The number of hydrazine groups is 1. The second-order valence-corrected chi connectivity index (χ2v) is 8.77. The van der Waals surface area contributed by atoms with Gasteiger partial charge in [-0.1, -0.05) is 6.07 Å². The van der Waals surface area contributed by atoms with Gasteiger partial charge in [0.25, 0.3) is 5.91 Å². The van der Waals surface area contributed by atoms with E-state index in [0.29, 0.717) is 37.3 Å². The van der Waals surface area contributed by atoms with Crippen molar-refractivity contribution in [3.63, 3.8) is 0 Å². The zero-order valence-corrected chi connectivity index (χ0v) is 19.7. The molecule has 0 aromatic heterocycles. The monoisotopic (exact) mass is 449 g/mol. The number of methoxy groups -OCH3 is 2. The van der Waals surface area contributed by atoms with E-state index in [-0.39, 0.29) is 12.3 Å². The van der Waals surface area contributed by atoms with Gasteiger partial charge >= 0.3 is 6.09 Å². The van der Waals surface area contributed by atoms with Crippen LogP contribution in [0.15, 0.2) is 18.2 Å². The molecule has 2 N–H and O–H groups in total. The zero-order valence-electron chi connectivity index (χ0n) is 19.7. The molecule has 1 heterocycles. The molecule has 0 spiro atoms. The maximum absolute atomic E-state index is 12.5. The highest BCUT2D eigenvalue weighted by atomic mass is 16.6. The highest BCUT2D eigenvalue weighted by Gasteiger charge is 2.36. The number of amides is 3. The molecule has 1 unspecified atom stereocenters. The fourth-order valence-electron chi connectivity index (χ4n) is 3.51. The molecule has 32 heavy (non-hydrogen) atoms. The van der Waals surface area contributed by atoms with Crippen molar-refractivity contribution in [3.05, 3.63) is 23.8 Å². The molecule has 1 fully saturated rings. The molecule has 0 saturated carbocycles. The Morgan fingerprint density at radius 3 is 2.44 bits per heavy atom. The van der Waals surface area contributed by atoms with E-state index in [9.17, 15) is 14.4 Å². The highest BCUT2D eigenvalue weighted by molar-refractivity contribution is 5.88. The van der Waals surface area contributed by atoms with Gasteiger partial charge in [-0.15, -0.1) is 0 Å². The van der Waals surface area contributed by atoms with Crippen molar-refractivity contribution >= 4 is 17.9 Å². The van der Waals surface area contributed by atoms with E-state index in [1.165, 1.54) is 4.90 Å². The Kier molecular flexibility index (Phi) is 9.16. The van der Waals surface area contributed by atoms with Crippen LogP contribution in [0.25, 0.3) is 0 Å². The number of carbonyl (C=O) groups is 3. The quantitative estimate of drug-likeness (QED) is 0.467. The van der Waals surface area contributed by atoms with E-state index in [2.05, 4.69) is 10.9 Å². The normalized spacial score (nSPS) is 15.8. The topological polar surface area (TPSA) is 106 Å². The van der Waals surface area contributed by atoms with Gasteiger partial charge in [0.05, 0.1) is 14.2 Å². The highest BCUT2D eigenvalue weighted by Crippen LogP contribution is 2.28. The summed E-state index contributed by atoms with van der Waals surface area (Å²) in [5.74, 6) is 0.677. The molecular weight excluding hydrogens is 414 g/mol. The van der Waals surface area contributed by atoms with Gasteiger partial charge in [-0.2, -0.15) is 0 Å². The third kappa shape index (κ3) is 7.62. The zero-order chi connectivity index (χ0) is 23.7. The van der Waals surface area contributed by atoms with Gasteiger partial charge in [0, 0.05) is 13.0 Å². The molecule has 2 rings (SSSR count). The lowest BCUT2D eigenvalue weighted by molar-refractivity contribution is -0.131. The van der Waals surface area contributed by atoms with Crippen molar-refractivity contribution in [2.75, 3.05) is 20.8 Å². The molecule has 0 aliphatic carbocycles. The summed E-state index contributed by atoms with van der Waals surface area (Å²) >= 11 is 0. The van der Waals surface area contributed by atoms with Crippen LogP contribution in [0.1, 0.15) is 58.4 Å². The number of hydrogen-bond acceptors (Lipinski definition) is 6. The summed E-state index contributed by atoms with van der Waals surface area (Å²) in [5, 5.41) is 0. The summed E-state index contributed by atoms with van der Waals surface area (Å²) in [6, 6.07) is 5.12. The number of unbranched alkanes of at least 4 members (excludes halogenated alkanes) is 1. The molecule has 1 aromatic carbocycles. The number of hydrogen-bond donors (Lipinski definition) is 2. The van der Waals surface area contributed by atoms with Gasteiger partial charge in [0.15, 0.2) is 11.5 Å².